The van der Waals surface area contributed by atoms with Crippen molar-refractivity contribution in [1.82, 2.24) is 10.2 Å². The second kappa shape index (κ2) is 13.5. The van der Waals surface area contributed by atoms with E-state index in [2.05, 4.69) is 5.32 Å². The van der Waals surface area contributed by atoms with Crippen LogP contribution in [0, 0.1) is 13.8 Å². The molecule has 1 N–H and O–H groups in total. The fourth-order valence-corrected chi connectivity index (χ4v) is 6.75. The largest absolute Gasteiger partial charge is 0.352 e. The van der Waals surface area contributed by atoms with Gasteiger partial charge < -0.3 is 10.2 Å². The number of amides is 2. The molecule has 2 amide bonds. The maximum absolute atomic E-state index is 14.1. The Morgan fingerprint density at radius 3 is 2.32 bits per heavy atom. The summed E-state index contributed by atoms with van der Waals surface area (Å²) < 4.78 is 28.9. The summed E-state index contributed by atoms with van der Waals surface area (Å²) in [6.07, 6.45) is 5.13. The van der Waals surface area contributed by atoms with Crippen LogP contribution < -0.4 is 9.62 Å². The van der Waals surface area contributed by atoms with Gasteiger partial charge in [0.25, 0.3) is 10.0 Å². The van der Waals surface area contributed by atoms with Gasteiger partial charge in [0.15, 0.2) is 0 Å². The number of anilines is 1. The Labute approximate surface area is 248 Å². The lowest BCUT2D eigenvalue weighted by Crippen LogP contribution is -2.53. The molecule has 218 valence electrons. The first kappa shape index (κ1) is 30.6. The molecule has 7 nitrogen and oxygen atoms in total. The predicted octanol–water partition coefficient (Wildman–Crippen LogP) is 6.02. The topological polar surface area (TPSA) is 86.8 Å². The van der Waals surface area contributed by atoms with Crippen molar-refractivity contribution in [3.8, 4) is 0 Å². The van der Waals surface area contributed by atoms with Gasteiger partial charge in [-0.05, 0) is 69.0 Å². The molecule has 9 heteroatoms. The smallest absolute Gasteiger partial charge is 0.264 e. The van der Waals surface area contributed by atoms with Crippen molar-refractivity contribution >= 4 is 39.1 Å². The van der Waals surface area contributed by atoms with Gasteiger partial charge in [-0.3, -0.25) is 13.9 Å². The van der Waals surface area contributed by atoms with Crippen LogP contribution in [0.3, 0.4) is 0 Å². The third-order valence-electron chi connectivity index (χ3n) is 7.61. The predicted molar refractivity (Wildman–Crippen MR) is 163 cm³/mol. The van der Waals surface area contributed by atoms with Crippen LogP contribution in [0.25, 0.3) is 0 Å². The number of halogens is 1. The van der Waals surface area contributed by atoms with E-state index in [1.54, 1.807) is 43.3 Å². The number of nitrogens with one attached hydrogen (secondary N) is 1. The molecular formula is C32H38ClN3O4S. The number of hydrogen-bond donors (Lipinski definition) is 1. The van der Waals surface area contributed by atoms with Gasteiger partial charge in [0, 0.05) is 17.6 Å². The lowest BCUT2D eigenvalue weighted by molar-refractivity contribution is -0.139. The standard InChI is InChI=1S/C32H38ClN3O4S/c1-23-11-10-12-26(19-23)21-35(25(3)32(38)34-27-13-6-4-7-14-27)31(37)22-36(28-18-17-24(2)30(33)20-28)41(39,40)29-15-8-5-9-16-29/h5,8-12,15-20,25,27H,4,6-7,13-14,21-22H2,1-3H3,(H,34,38)/t25-/m0/s1. The molecule has 1 aliphatic carbocycles. The summed E-state index contributed by atoms with van der Waals surface area (Å²) in [7, 11) is -4.13. The molecule has 0 unspecified atom stereocenters. The summed E-state index contributed by atoms with van der Waals surface area (Å²) in [6, 6.07) is 19.9. The van der Waals surface area contributed by atoms with Crippen LogP contribution in [-0.4, -0.2) is 43.8 Å². The van der Waals surface area contributed by atoms with Crippen molar-refractivity contribution < 1.29 is 18.0 Å². The van der Waals surface area contributed by atoms with E-state index in [1.165, 1.54) is 17.0 Å². The number of benzene rings is 3. The summed E-state index contributed by atoms with van der Waals surface area (Å²) in [5.74, 6) is -0.734. The first-order valence-electron chi connectivity index (χ1n) is 14.1. The average molecular weight is 596 g/mol. The van der Waals surface area contributed by atoms with Crippen molar-refractivity contribution in [3.63, 3.8) is 0 Å². The van der Waals surface area contributed by atoms with E-state index in [0.717, 1.165) is 53.1 Å². The van der Waals surface area contributed by atoms with E-state index in [9.17, 15) is 18.0 Å². The molecule has 1 atom stereocenters. The molecule has 0 heterocycles. The van der Waals surface area contributed by atoms with Gasteiger partial charge in [-0.1, -0.05) is 85.0 Å². The lowest BCUT2D eigenvalue weighted by Gasteiger charge is -2.33. The van der Waals surface area contributed by atoms with E-state index >= 15 is 0 Å². The van der Waals surface area contributed by atoms with Crippen molar-refractivity contribution in [2.75, 3.05) is 10.8 Å². The number of nitrogens with zero attached hydrogens (tertiary/aromatic N) is 2. The van der Waals surface area contributed by atoms with Crippen molar-refractivity contribution in [3.05, 3.63) is 94.5 Å². The minimum Gasteiger partial charge on any atom is -0.352 e. The van der Waals surface area contributed by atoms with Gasteiger partial charge in [0.2, 0.25) is 11.8 Å². The number of carbonyl (C=O) groups excluding carboxylic acids is 2. The number of aryl methyl sites for hydroxylation is 2. The minimum absolute atomic E-state index is 0.0535. The van der Waals surface area contributed by atoms with E-state index in [1.807, 2.05) is 38.1 Å². The normalized spacial score (nSPS) is 14.7. The molecule has 0 saturated heterocycles. The second-order valence-electron chi connectivity index (χ2n) is 10.8. The van der Waals surface area contributed by atoms with Gasteiger partial charge in [-0.15, -0.1) is 0 Å². The number of carbonyl (C=O) groups is 2. The Morgan fingerprint density at radius 1 is 0.951 bits per heavy atom. The molecule has 3 aromatic carbocycles. The summed E-state index contributed by atoms with van der Waals surface area (Å²) >= 11 is 6.39. The first-order valence-corrected chi connectivity index (χ1v) is 15.9. The van der Waals surface area contributed by atoms with Crippen LogP contribution in [0.1, 0.15) is 55.7 Å². The quantitative estimate of drug-likeness (QED) is 0.311. The third kappa shape index (κ3) is 7.68. The van der Waals surface area contributed by atoms with E-state index in [4.69, 9.17) is 11.6 Å². The number of hydrogen-bond acceptors (Lipinski definition) is 4. The average Bonchev–Trinajstić information content (AvgIpc) is 2.96. The SMILES string of the molecule is Cc1cccc(CN(C(=O)CN(c2ccc(C)c(Cl)c2)S(=O)(=O)c2ccccc2)[C@@H](C)C(=O)NC2CCCCC2)c1. The van der Waals surface area contributed by atoms with E-state index in [0.29, 0.717) is 5.02 Å². The van der Waals surface area contributed by atoms with Crippen molar-refractivity contribution in [2.45, 2.75) is 76.4 Å². The molecule has 0 bridgehead atoms. The second-order valence-corrected chi connectivity index (χ2v) is 13.1. The third-order valence-corrected chi connectivity index (χ3v) is 9.80. The molecular weight excluding hydrogens is 558 g/mol. The van der Waals surface area contributed by atoms with Crippen molar-refractivity contribution in [2.24, 2.45) is 0 Å². The maximum atomic E-state index is 14.1. The first-order chi connectivity index (χ1) is 19.6. The van der Waals surface area contributed by atoms with Crippen LogP contribution in [0.15, 0.2) is 77.7 Å². The van der Waals surface area contributed by atoms with Crippen LogP contribution in [0.2, 0.25) is 5.02 Å². The summed E-state index contributed by atoms with van der Waals surface area (Å²) in [6.45, 7) is 5.15. The highest BCUT2D eigenvalue weighted by Gasteiger charge is 2.33. The Balaban J connectivity index is 1.68. The Morgan fingerprint density at radius 2 is 1.66 bits per heavy atom. The van der Waals surface area contributed by atoms with Gasteiger partial charge in [0.05, 0.1) is 10.6 Å². The zero-order chi connectivity index (χ0) is 29.6. The van der Waals surface area contributed by atoms with Gasteiger partial charge >= 0.3 is 0 Å². The van der Waals surface area contributed by atoms with Crippen LogP contribution in [-0.2, 0) is 26.2 Å². The Bertz CT molecular complexity index is 1470. The minimum atomic E-state index is -4.13. The highest BCUT2D eigenvalue weighted by molar-refractivity contribution is 7.92. The molecule has 0 aliphatic heterocycles. The van der Waals surface area contributed by atoms with E-state index < -0.39 is 28.5 Å². The highest BCUT2D eigenvalue weighted by Crippen LogP contribution is 2.28. The highest BCUT2D eigenvalue weighted by atomic mass is 35.5. The molecule has 1 fully saturated rings. The molecule has 4 rings (SSSR count). The van der Waals surface area contributed by atoms with Crippen molar-refractivity contribution in [1.29, 1.82) is 0 Å². The molecule has 1 aliphatic rings. The Kier molecular flexibility index (Phi) is 10.1. The van der Waals surface area contributed by atoms with Crippen LogP contribution in [0.5, 0.6) is 0 Å². The molecule has 0 aromatic heterocycles. The van der Waals surface area contributed by atoms with Crippen LogP contribution in [0.4, 0.5) is 5.69 Å². The maximum Gasteiger partial charge on any atom is 0.264 e. The summed E-state index contributed by atoms with van der Waals surface area (Å²) in [4.78, 5) is 29.0. The molecule has 0 spiro atoms. The number of rotatable bonds is 10. The fourth-order valence-electron chi connectivity index (χ4n) is 5.14. The number of sulfonamides is 1. The molecule has 3 aromatic rings. The van der Waals surface area contributed by atoms with Gasteiger partial charge in [-0.25, -0.2) is 8.42 Å². The van der Waals surface area contributed by atoms with Gasteiger partial charge in [-0.2, -0.15) is 0 Å². The zero-order valence-electron chi connectivity index (χ0n) is 23.8. The van der Waals surface area contributed by atoms with Crippen LogP contribution >= 0.6 is 11.6 Å². The fraction of sp³-hybridized carbons (Fsp3) is 0.375. The lowest BCUT2D eigenvalue weighted by atomic mass is 9.95. The molecule has 0 radical (unpaired) electrons. The zero-order valence-corrected chi connectivity index (χ0v) is 25.4. The monoisotopic (exact) mass is 595 g/mol. The van der Waals surface area contributed by atoms with E-state index in [-0.39, 0.29) is 29.1 Å². The summed E-state index contributed by atoms with van der Waals surface area (Å²) in [5, 5.41) is 3.51. The Hall–Kier alpha value is -3.36. The molecule has 1 saturated carbocycles. The molecule has 41 heavy (non-hydrogen) atoms. The summed E-state index contributed by atoms with van der Waals surface area (Å²) in [5.41, 5.74) is 2.93. The van der Waals surface area contributed by atoms with Gasteiger partial charge in [0.1, 0.15) is 12.6 Å².